The van der Waals surface area contributed by atoms with Gasteiger partial charge < -0.3 is 20.1 Å². The van der Waals surface area contributed by atoms with Gasteiger partial charge in [0.1, 0.15) is 5.75 Å². The molecular weight excluding hydrogens is 316 g/mol. The molecule has 7 heteroatoms. The number of phenols is 3. The number of carbonyl (C=O) groups is 3. The van der Waals surface area contributed by atoms with Gasteiger partial charge in [0.25, 0.3) is 5.78 Å². The second kappa shape index (κ2) is 6.57. The fourth-order valence-corrected chi connectivity index (χ4v) is 2.36. The molecule has 0 aliphatic heterocycles. The maximum atomic E-state index is 12.1. The van der Waals surface area contributed by atoms with E-state index < -0.39 is 34.4 Å². The summed E-state index contributed by atoms with van der Waals surface area (Å²) in [6.07, 6.45) is 4.16. The van der Waals surface area contributed by atoms with E-state index in [-0.39, 0.29) is 29.1 Å². The molecule has 24 heavy (non-hydrogen) atoms. The Balaban J connectivity index is 2.66. The lowest BCUT2D eigenvalue weighted by Crippen LogP contribution is -2.22. The third-order valence-electron chi connectivity index (χ3n) is 3.58. The molecule has 2 rings (SSSR count). The maximum Gasteiger partial charge on any atom is 0.268 e. The Morgan fingerprint density at radius 2 is 1.79 bits per heavy atom. The molecule has 3 N–H and O–H groups in total. The predicted molar refractivity (Wildman–Crippen MR) is 84.7 cm³/mol. The van der Waals surface area contributed by atoms with Gasteiger partial charge in [0, 0.05) is 12.0 Å². The van der Waals surface area contributed by atoms with Crippen molar-refractivity contribution in [2.24, 2.45) is 0 Å². The molecule has 0 radical (unpaired) electrons. The number of ether oxygens (including phenoxy) is 1. The third kappa shape index (κ3) is 2.76. The quantitative estimate of drug-likeness (QED) is 0.326. The lowest BCUT2D eigenvalue weighted by atomic mass is 9.89. The predicted octanol–water partition coefficient (Wildman–Crippen LogP) is 1.94. The number of hydrogen-bond donors (Lipinski definition) is 3. The average Bonchev–Trinajstić information content (AvgIpc) is 2.55. The zero-order valence-electron chi connectivity index (χ0n) is 13.1. The van der Waals surface area contributed by atoms with E-state index in [1.54, 1.807) is 0 Å². The van der Waals surface area contributed by atoms with E-state index >= 15 is 0 Å². The molecule has 0 atom stereocenters. The van der Waals surface area contributed by atoms with Gasteiger partial charge in [-0.25, -0.2) is 0 Å². The maximum absolute atomic E-state index is 12.1. The number of methoxy groups -OCH3 is 1. The van der Waals surface area contributed by atoms with Gasteiger partial charge in [-0.1, -0.05) is 6.92 Å². The number of phenolic OH excluding ortho intramolecular Hbond substituents is 3. The lowest BCUT2D eigenvalue weighted by molar-refractivity contribution is -0.115. The molecule has 7 nitrogen and oxygen atoms in total. The van der Waals surface area contributed by atoms with Crippen LogP contribution in [0.2, 0.25) is 0 Å². The summed E-state index contributed by atoms with van der Waals surface area (Å²) in [7, 11) is 1.18. The van der Waals surface area contributed by atoms with Gasteiger partial charge in [0.05, 0.1) is 18.2 Å². The molecule has 0 spiro atoms. The fraction of sp³-hybridized carbons (Fsp3) is 0.235. The van der Waals surface area contributed by atoms with E-state index in [0.29, 0.717) is 6.42 Å². The molecule has 126 valence electrons. The summed E-state index contributed by atoms with van der Waals surface area (Å²) in [5, 5.41) is 30.4. The van der Waals surface area contributed by atoms with Gasteiger partial charge >= 0.3 is 0 Å². The summed E-state index contributed by atoms with van der Waals surface area (Å²) in [6, 6.07) is 0. The van der Waals surface area contributed by atoms with Gasteiger partial charge in [-0.05, 0) is 24.6 Å². The zero-order valence-corrected chi connectivity index (χ0v) is 13.1. The van der Waals surface area contributed by atoms with E-state index in [0.717, 1.165) is 18.2 Å². The van der Waals surface area contributed by atoms with Crippen LogP contribution in [0.3, 0.4) is 0 Å². The number of fused-ring (bicyclic) bond motifs is 1. The van der Waals surface area contributed by atoms with Crippen molar-refractivity contribution < 1.29 is 34.4 Å². The SMILES string of the molecule is CCCC(=O)C=Cc1c(O)c(O)c2c(c1O)C(=O)C(=O)C(OC)=C2. The molecule has 0 bridgehead atoms. The molecule has 0 aromatic heterocycles. The van der Waals surface area contributed by atoms with E-state index in [2.05, 4.69) is 0 Å². The number of ketones is 3. The Kier molecular flexibility index (Phi) is 4.73. The monoisotopic (exact) mass is 332 g/mol. The summed E-state index contributed by atoms with van der Waals surface area (Å²) in [5.74, 6) is -4.72. The molecule has 0 amide bonds. The van der Waals surface area contributed by atoms with Gasteiger partial charge in [-0.2, -0.15) is 0 Å². The first-order valence-electron chi connectivity index (χ1n) is 7.19. The summed E-state index contributed by atoms with van der Waals surface area (Å²) < 4.78 is 4.76. The summed E-state index contributed by atoms with van der Waals surface area (Å²) >= 11 is 0. The highest BCUT2D eigenvalue weighted by Gasteiger charge is 2.35. The second-order valence-corrected chi connectivity index (χ2v) is 5.17. The number of carbonyl (C=O) groups excluding carboxylic acids is 3. The summed E-state index contributed by atoms with van der Waals surface area (Å²) in [4.78, 5) is 35.6. The van der Waals surface area contributed by atoms with Crippen molar-refractivity contribution in [1.29, 1.82) is 0 Å². The number of allylic oxidation sites excluding steroid dienone is 2. The first kappa shape index (κ1) is 17.3. The molecule has 1 aromatic rings. The Morgan fingerprint density at radius 1 is 1.12 bits per heavy atom. The minimum absolute atomic E-state index is 0.219. The van der Waals surface area contributed by atoms with Gasteiger partial charge in [0.2, 0.25) is 5.78 Å². The van der Waals surface area contributed by atoms with Crippen molar-refractivity contribution >= 4 is 29.5 Å². The Morgan fingerprint density at radius 3 is 2.38 bits per heavy atom. The molecule has 0 heterocycles. The van der Waals surface area contributed by atoms with Crippen LogP contribution >= 0.6 is 0 Å². The number of rotatable bonds is 5. The van der Waals surface area contributed by atoms with Gasteiger partial charge in [-0.3, -0.25) is 14.4 Å². The van der Waals surface area contributed by atoms with Crippen LogP contribution in [-0.4, -0.2) is 39.8 Å². The van der Waals surface area contributed by atoms with E-state index in [4.69, 9.17) is 4.74 Å². The Labute approximate surface area is 137 Å². The topological polar surface area (TPSA) is 121 Å². The molecule has 0 saturated carbocycles. The van der Waals surface area contributed by atoms with Crippen LogP contribution in [-0.2, 0) is 14.3 Å². The van der Waals surface area contributed by atoms with Crippen LogP contribution < -0.4 is 0 Å². The van der Waals surface area contributed by atoms with Crippen LogP contribution in [0.4, 0.5) is 0 Å². The van der Waals surface area contributed by atoms with E-state index in [1.807, 2.05) is 6.92 Å². The largest absolute Gasteiger partial charge is 0.506 e. The summed E-state index contributed by atoms with van der Waals surface area (Å²) in [5.41, 5.74) is -0.978. The second-order valence-electron chi connectivity index (χ2n) is 5.17. The third-order valence-corrected chi connectivity index (χ3v) is 3.58. The van der Waals surface area contributed by atoms with Crippen molar-refractivity contribution in [3.8, 4) is 17.2 Å². The fourth-order valence-electron chi connectivity index (χ4n) is 2.36. The standard InChI is InChI=1S/C17H16O7/c1-3-4-8(18)5-6-9-13(19)12-10(15(21)14(9)20)7-11(24-2)16(22)17(12)23/h5-7,19-21H,3-4H2,1-2H3. The number of Topliss-reactive ketones (excluding diaryl/α,β-unsaturated/α-hetero) is 2. The highest BCUT2D eigenvalue weighted by atomic mass is 16.5. The minimum atomic E-state index is -1.08. The minimum Gasteiger partial charge on any atom is -0.506 e. The van der Waals surface area contributed by atoms with Crippen LogP contribution in [0.15, 0.2) is 11.8 Å². The number of aromatic hydroxyl groups is 3. The molecule has 0 unspecified atom stereocenters. The van der Waals surface area contributed by atoms with Crippen LogP contribution in [0, 0.1) is 0 Å². The van der Waals surface area contributed by atoms with Gasteiger partial charge in [-0.15, -0.1) is 0 Å². The Hall–Kier alpha value is -3.09. The highest BCUT2D eigenvalue weighted by molar-refractivity contribution is 6.52. The van der Waals surface area contributed by atoms with Crippen LogP contribution in [0.25, 0.3) is 12.2 Å². The molecule has 1 aliphatic rings. The molecule has 0 fully saturated rings. The van der Waals surface area contributed by atoms with Crippen molar-refractivity contribution in [2.75, 3.05) is 7.11 Å². The van der Waals surface area contributed by atoms with Crippen molar-refractivity contribution in [3.05, 3.63) is 28.5 Å². The van der Waals surface area contributed by atoms with Crippen LogP contribution in [0.1, 0.15) is 41.3 Å². The van der Waals surface area contributed by atoms with Crippen molar-refractivity contribution in [3.63, 3.8) is 0 Å². The zero-order chi connectivity index (χ0) is 18.0. The Bertz CT molecular complexity index is 800. The molecular formula is C17H16O7. The normalized spacial score (nSPS) is 13.8. The van der Waals surface area contributed by atoms with Crippen molar-refractivity contribution in [1.82, 2.24) is 0 Å². The van der Waals surface area contributed by atoms with Crippen LogP contribution in [0.5, 0.6) is 17.2 Å². The molecule has 1 aromatic carbocycles. The smallest absolute Gasteiger partial charge is 0.268 e. The first-order chi connectivity index (χ1) is 11.3. The van der Waals surface area contributed by atoms with Crippen molar-refractivity contribution in [2.45, 2.75) is 19.8 Å². The first-order valence-corrected chi connectivity index (χ1v) is 7.19. The van der Waals surface area contributed by atoms with E-state index in [9.17, 15) is 29.7 Å². The number of benzene rings is 1. The summed E-state index contributed by atoms with van der Waals surface area (Å²) in [6.45, 7) is 1.81. The number of hydrogen-bond acceptors (Lipinski definition) is 7. The average molecular weight is 332 g/mol. The highest BCUT2D eigenvalue weighted by Crippen LogP contribution is 2.45. The lowest BCUT2D eigenvalue weighted by Gasteiger charge is -2.18. The molecule has 1 aliphatic carbocycles. The van der Waals surface area contributed by atoms with E-state index in [1.165, 1.54) is 7.11 Å². The molecule has 0 saturated heterocycles. The van der Waals surface area contributed by atoms with Gasteiger partial charge in [0.15, 0.2) is 23.0 Å².